The van der Waals surface area contributed by atoms with E-state index in [0.717, 1.165) is 55.9 Å². The predicted octanol–water partition coefficient (Wildman–Crippen LogP) is 6.96. The number of hydrogen-bond acceptors (Lipinski definition) is 4. The fraction of sp³-hybridized carbons (Fsp3) is 0.0690. The van der Waals surface area contributed by atoms with E-state index in [-0.39, 0.29) is 5.75 Å². The van der Waals surface area contributed by atoms with Gasteiger partial charge in [0.25, 0.3) is 0 Å². The second-order valence-electron chi connectivity index (χ2n) is 7.77. The highest BCUT2D eigenvalue weighted by atomic mass is 16.5. The van der Waals surface area contributed by atoms with Crippen LogP contribution < -0.4 is 9.47 Å². The van der Waals surface area contributed by atoms with Gasteiger partial charge in [-0.3, -0.25) is 0 Å². The molecule has 0 bridgehead atoms. The molecule has 0 amide bonds. The number of methoxy groups -OCH3 is 2. The average molecular weight is 434 g/mol. The van der Waals surface area contributed by atoms with Crippen molar-refractivity contribution in [2.24, 2.45) is 0 Å². The molecule has 0 aliphatic rings. The van der Waals surface area contributed by atoms with Crippen LogP contribution in [0.25, 0.3) is 44.4 Å². The number of phenols is 1. The lowest BCUT2D eigenvalue weighted by atomic mass is 9.89. The zero-order valence-corrected chi connectivity index (χ0v) is 18.4. The quantitative estimate of drug-likeness (QED) is 0.326. The van der Waals surface area contributed by atoms with Crippen LogP contribution in [0, 0.1) is 0 Å². The number of fused-ring (bicyclic) bond motifs is 1. The number of nitrogens with zero attached hydrogens (tertiary/aromatic N) is 1. The van der Waals surface area contributed by atoms with Crippen LogP contribution >= 0.6 is 0 Å². The Morgan fingerprint density at radius 2 is 1.24 bits per heavy atom. The van der Waals surface area contributed by atoms with Crippen molar-refractivity contribution in [1.82, 2.24) is 4.98 Å². The lowest BCUT2D eigenvalue weighted by molar-refractivity contribution is 0.415. The van der Waals surface area contributed by atoms with E-state index in [1.54, 1.807) is 26.4 Å². The number of ether oxygens (including phenoxy) is 2. The van der Waals surface area contributed by atoms with Crippen LogP contribution in [0.3, 0.4) is 0 Å². The van der Waals surface area contributed by atoms with Gasteiger partial charge in [0.15, 0.2) is 0 Å². The van der Waals surface area contributed by atoms with Crippen molar-refractivity contribution in [1.29, 1.82) is 0 Å². The van der Waals surface area contributed by atoms with E-state index >= 15 is 0 Å². The van der Waals surface area contributed by atoms with Gasteiger partial charge in [-0.05, 0) is 70.8 Å². The van der Waals surface area contributed by atoms with Crippen molar-refractivity contribution >= 4 is 10.9 Å². The van der Waals surface area contributed by atoms with Crippen LogP contribution in [0.15, 0.2) is 97.1 Å². The van der Waals surface area contributed by atoms with Gasteiger partial charge < -0.3 is 14.6 Å². The van der Waals surface area contributed by atoms with E-state index in [0.29, 0.717) is 0 Å². The van der Waals surface area contributed by atoms with Gasteiger partial charge in [-0.25, -0.2) is 4.98 Å². The first-order chi connectivity index (χ1) is 16.2. The molecule has 0 aliphatic heterocycles. The van der Waals surface area contributed by atoms with Crippen molar-refractivity contribution in [2.75, 3.05) is 14.2 Å². The molecule has 0 saturated heterocycles. The molecule has 0 aliphatic carbocycles. The van der Waals surface area contributed by atoms with Gasteiger partial charge in [0.1, 0.15) is 17.2 Å². The molecule has 0 radical (unpaired) electrons. The van der Waals surface area contributed by atoms with Crippen LogP contribution in [0.1, 0.15) is 0 Å². The zero-order valence-electron chi connectivity index (χ0n) is 18.4. The highest BCUT2D eigenvalue weighted by Gasteiger charge is 2.18. The van der Waals surface area contributed by atoms with E-state index < -0.39 is 0 Å². The first kappa shape index (κ1) is 20.6. The van der Waals surface area contributed by atoms with Gasteiger partial charge >= 0.3 is 0 Å². The summed E-state index contributed by atoms with van der Waals surface area (Å²) in [5.41, 5.74) is 6.27. The number of pyridine rings is 1. The Hall–Kier alpha value is -4.31. The number of para-hydroxylation sites is 1. The van der Waals surface area contributed by atoms with Crippen LogP contribution in [-0.4, -0.2) is 24.3 Å². The monoisotopic (exact) mass is 433 g/mol. The molecular formula is C29H23NO3. The Morgan fingerprint density at radius 3 is 1.85 bits per heavy atom. The third-order valence-electron chi connectivity index (χ3n) is 5.74. The largest absolute Gasteiger partial charge is 0.508 e. The van der Waals surface area contributed by atoms with Gasteiger partial charge in [0.2, 0.25) is 0 Å². The predicted molar refractivity (Wildman–Crippen MR) is 133 cm³/mol. The first-order valence-electron chi connectivity index (χ1n) is 10.7. The van der Waals surface area contributed by atoms with Crippen LogP contribution in [0.2, 0.25) is 0 Å². The van der Waals surface area contributed by atoms with E-state index in [1.807, 2.05) is 72.8 Å². The molecule has 0 spiro atoms. The maximum Gasteiger partial charge on any atom is 0.119 e. The van der Waals surface area contributed by atoms with Gasteiger partial charge in [0.05, 0.1) is 25.4 Å². The number of benzene rings is 4. The maximum atomic E-state index is 10.7. The SMILES string of the molecule is COc1cccc(-c2cc(O)cc(-c3cccc(OC)c3)c2-c2ccc3ccccc3n2)c1. The summed E-state index contributed by atoms with van der Waals surface area (Å²) in [5.74, 6) is 1.67. The van der Waals surface area contributed by atoms with Crippen molar-refractivity contribution in [2.45, 2.75) is 0 Å². The minimum absolute atomic E-state index is 0.176. The van der Waals surface area contributed by atoms with Crippen molar-refractivity contribution in [3.63, 3.8) is 0 Å². The summed E-state index contributed by atoms with van der Waals surface area (Å²) >= 11 is 0. The maximum absolute atomic E-state index is 10.7. The van der Waals surface area contributed by atoms with E-state index in [9.17, 15) is 5.11 Å². The second kappa shape index (κ2) is 8.67. The molecule has 1 N–H and O–H groups in total. The van der Waals surface area contributed by atoms with Gasteiger partial charge in [-0.15, -0.1) is 0 Å². The molecule has 1 aromatic heterocycles. The van der Waals surface area contributed by atoms with Crippen LogP contribution in [-0.2, 0) is 0 Å². The molecule has 0 atom stereocenters. The summed E-state index contributed by atoms with van der Waals surface area (Å²) in [5, 5.41) is 11.8. The molecule has 5 rings (SSSR count). The molecule has 4 nitrogen and oxygen atoms in total. The highest BCUT2D eigenvalue weighted by Crippen LogP contribution is 2.43. The van der Waals surface area contributed by atoms with Gasteiger partial charge in [-0.1, -0.05) is 48.5 Å². The molecule has 4 heteroatoms. The lowest BCUT2D eigenvalue weighted by Crippen LogP contribution is -1.95. The second-order valence-corrected chi connectivity index (χ2v) is 7.77. The van der Waals surface area contributed by atoms with Crippen LogP contribution in [0.5, 0.6) is 17.2 Å². The van der Waals surface area contributed by atoms with E-state index in [2.05, 4.69) is 12.1 Å². The molecular weight excluding hydrogens is 410 g/mol. The number of aromatic nitrogens is 1. The van der Waals surface area contributed by atoms with Gasteiger partial charge in [-0.2, -0.15) is 0 Å². The van der Waals surface area contributed by atoms with Crippen molar-refractivity contribution < 1.29 is 14.6 Å². The van der Waals surface area contributed by atoms with E-state index in [4.69, 9.17) is 14.5 Å². The van der Waals surface area contributed by atoms with Crippen molar-refractivity contribution in [3.8, 4) is 50.8 Å². The first-order valence-corrected chi connectivity index (χ1v) is 10.7. The smallest absolute Gasteiger partial charge is 0.119 e. The fourth-order valence-electron chi connectivity index (χ4n) is 4.14. The Kier molecular flexibility index (Phi) is 5.41. The Balaban J connectivity index is 1.84. The summed E-state index contributed by atoms with van der Waals surface area (Å²) in [6, 6.07) is 31.4. The normalized spacial score (nSPS) is 10.8. The van der Waals surface area contributed by atoms with Crippen molar-refractivity contribution in [3.05, 3.63) is 97.1 Å². The minimum Gasteiger partial charge on any atom is -0.508 e. The molecule has 0 saturated carbocycles. The molecule has 162 valence electrons. The molecule has 4 aromatic carbocycles. The summed E-state index contributed by atoms with van der Waals surface area (Å²) in [6.45, 7) is 0. The third kappa shape index (κ3) is 3.99. The lowest BCUT2D eigenvalue weighted by Gasteiger charge is -2.18. The molecule has 0 fully saturated rings. The van der Waals surface area contributed by atoms with E-state index in [1.165, 1.54) is 0 Å². The standard InChI is InChI=1S/C29H23NO3/c1-32-23-10-5-8-20(15-23)25-17-22(31)18-26(21-9-6-11-24(16-21)33-2)29(25)28-14-13-19-7-3-4-12-27(19)30-28/h3-18,31H,1-2H3. The van der Waals surface area contributed by atoms with Gasteiger partial charge in [0, 0.05) is 10.9 Å². The molecule has 5 aromatic rings. The molecule has 0 unspecified atom stereocenters. The number of hydrogen-bond donors (Lipinski definition) is 1. The molecule has 1 heterocycles. The summed E-state index contributed by atoms with van der Waals surface area (Å²) in [6.07, 6.45) is 0. The summed E-state index contributed by atoms with van der Waals surface area (Å²) in [4.78, 5) is 4.99. The number of phenolic OH excluding ortho intramolecular Hbond substituents is 1. The zero-order chi connectivity index (χ0) is 22.8. The third-order valence-corrected chi connectivity index (χ3v) is 5.74. The molecule has 33 heavy (non-hydrogen) atoms. The average Bonchev–Trinajstić information content (AvgIpc) is 2.88. The Bertz CT molecular complexity index is 1390. The van der Waals surface area contributed by atoms with Crippen LogP contribution in [0.4, 0.5) is 0 Å². The summed E-state index contributed by atoms with van der Waals surface area (Å²) in [7, 11) is 3.30. The number of rotatable bonds is 5. The minimum atomic E-state index is 0.176. The topological polar surface area (TPSA) is 51.6 Å². The summed E-state index contributed by atoms with van der Waals surface area (Å²) < 4.78 is 10.9. The highest BCUT2D eigenvalue weighted by molar-refractivity contribution is 5.96. The Morgan fingerprint density at radius 1 is 0.636 bits per heavy atom. The number of aromatic hydroxyl groups is 1. The Labute approximate surface area is 192 Å². The fourth-order valence-corrected chi connectivity index (χ4v) is 4.14.